The minimum Gasteiger partial charge on any atom is -0.249 e. The fourth-order valence-electron chi connectivity index (χ4n) is 2.95. The molecule has 0 bridgehead atoms. The fourth-order valence-corrected chi connectivity index (χ4v) is 2.95. The van der Waals surface area contributed by atoms with Crippen molar-refractivity contribution in [1.82, 2.24) is 9.97 Å². The van der Waals surface area contributed by atoms with Crippen molar-refractivity contribution in [3.05, 3.63) is 40.7 Å². The molecule has 1 heterocycles. The van der Waals surface area contributed by atoms with E-state index in [9.17, 15) is 0 Å². The summed E-state index contributed by atoms with van der Waals surface area (Å²) in [6.45, 7) is 8.91. The quantitative estimate of drug-likeness (QED) is 0.702. The minimum absolute atomic E-state index is 0.0943. The number of hydrogen-bond acceptors (Lipinski definition) is 2. The van der Waals surface area contributed by atoms with Crippen molar-refractivity contribution < 1.29 is 0 Å². The topological polar surface area (TPSA) is 25.8 Å². The molecular weight excluding hydrogens is 232 g/mol. The van der Waals surface area contributed by atoms with E-state index >= 15 is 0 Å². The fraction of sp³-hybridized carbons (Fsp3) is 0.412. The molecule has 0 saturated heterocycles. The Kier molecular flexibility index (Phi) is 2.70. The van der Waals surface area contributed by atoms with Crippen LogP contribution in [0.4, 0.5) is 0 Å². The summed E-state index contributed by atoms with van der Waals surface area (Å²) in [6, 6.07) is 4.26. The zero-order chi connectivity index (χ0) is 13.6. The molecular formula is C17H20N2. The van der Waals surface area contributed by atoms with Crippen LogP contribution in [0.2, 0.25) is 0 Å². The highest BCUT2D eigenvalue weighted by atomic mass is 14.8. The summed E-state index contributed by atoms with van der Waals surface area (Å²) < 4.78 is 0. The molecule has 0 unspecified atom stereocenters. The second-order valence-corrected chi connectivity index (χ2v) is 6.37. The molecule has 2 aromatic rings. The van der Waals surface area contributed by atoms with E-state index in [4.69, 9.17) is 9.97 Å². The molecule has 3 rings (SSSR count). The van der Waals surface area contributed by atoms with Gasteiger partial charge in [-0.2, -0.15) is 0 Å². The van der Waals surface area contributed by atoms with E-state index in [1.54, 1.807) is 0 Å². The Hall–Kier alpha value is -1.70. The number of benzene rings is 1. The Labute approximate surface area is 114 Å². The highest BCUT2D eigenvalue weighted by Crippen LogP contribution is 2.32. The van der Waals surface area contributed by atoms with Gasteiger partial charge in [-0.3, -0.25) is 0 Å². The van der Waals surface area contributed by atoms with Crippen molar-refractivity contribution in [2.45, 2.75) is 46.0 Å². The van der Waals surface area contributed by atoms with E-state index in [2.05, 4.69) is 52.0 Å². The third kappa shape index (κ3) is 2.05. The van der Waals surface area contributed by atoms with Crippen LogP contribution in [0.15, 0.2) is 18.2 Å². The number of hydrogen-bond donors (Lipinski definition) is 0. The predicted molar refractivity (Wildman–Crippen MR) is 80.3 cm³/mol. The smallest absolute Gasteiger partial charge is 0.0930 e. The van der Waals surface area contributed by atoms with E-state index in [0.29, 0.717) is 0 Å². The molecule has 0 radical (unpaired) electrons. The molecule has 1 aliphatic carbocycles. The second kappa shape index (κ2) is 4.16. The Bertz CT molecular complexity index is 676. The molecule has 19 heavy (non-hydrogen) atoms. The summed E-state index contributed by atoms with van der Waals surface area (Å²) in [7, 11) is 0. The van der Waals surface area contributed by atoms with Gasteiger partial charge in [-0.05, 0) is 48.4 Å². The summed E-state index contributed by atoms with van der Waals surface area (Å²) >= 11 is 0. The van der Waals surface area contributed by atoms with E-state index < -0.39 is 0 Å². The number of rotatable bonds is 0. The Morgan fingerprint density at radius 3 is 2.63 bits per heavy atom. The van der Waals surface area contributed by atoms with Crippen LogP contribution in [-0.4, -0.2) is 9.97 Å². The molecule has 98 valence electrons. The van der Waals surface area contributed by atoms with Crippen LogP contribution < -0.4 is 0 Å². The lowest BCUT2D eigenvalue weighted by molar-refractivity contribution is 0.590. The normalized spacial score (nSPS) is 14.7. The number of aryl methyl sites for hydroxylation is 2. The van der Waals surface area contributed by atoms with Gasteiger partial charge >= 0.3 is 0 Å². The van der Waals surface area contributed by atoms with Crippen LogP contribution in [0.3, 0.4) is 0 Å². The zero-order valence-corrected chi connectivity index (χ0v) is 12.1. The molecule has 0 atom stereocenters. The molecule has 0 spiro atoms. The van der Waals surface area contributed by atoms with Crippen molar-refractivity contribution in [1.29, 1.82) is 0 Å². The molecule has 0 N–H and O–H groups in total. The third-order valence-corrected chi connectivity index (χ3v) is 3.72. The van der Waals surface area contributed by atoms with Crippen LogP contribution in [0.25, 0.3) is 17.1 Å². The van der Waals surface area contributed by atoms with Crippen LogP contribution in [0.1, 0.15) is 49.7 Å². The van der Waals surface area contributed by atoms with E-state index in [1.165, 1.54) is 11.1 Å². The third-order valence-electron chi connectivity index (χ3n) is 3.72. The van der Waals surface area contributed by atoms with Gasteiger partial charge in [0.1, 0.15) is 0 Å². The Morgan fingerprint density at radius 2 is 1.89 bits per heavy atom. The average molecular weight is 252 g/mol. The van der Waals surface area contributed by atoms with Crippen LogP contribution in [0, 0.1) is 6.92 Å². The summed E-state index contributed by atoms with van der Waals surface area (Å²) in [5, 5.41) is 0. The van der Waals surface area contributed by atoms with Crippen LogP contribution >= 0.6 is 0 Å². The Morgan fingerprint density at radius 1 is 1.11 bits per heavy atom. The minimum atomic E-state index is 0.0943. The molecule has 1 aromatic carbocycles. The summed E-state index contributed by atoms with van der Waals surface area (Å²) in [5.74, 6) is 0. The largest absolute Gasteiger partial charge is 0.249 e. The van der Waals surface area contributed by atoms with Crippen molar-refractivity contribution in [3.63, 3.8) is 0 Å². The standard InChI is InChI=1S/C17H20N2/c1-11-9-10-14-16(15(11)17(2,3)4)19-13-8-6-5-7-12(13)18-14/h5,7,9-10H,6,8H2,1-4H3. The van der Waals surface area contributed by atoms with Gasteiger partial charge in [0.15, 0.2) is 0 Å². The van der Waals surface area contributed by atoms with Gasteiger partial charge < -0.3 is 0 Å². The number of nitrogens with zero attached hydrogens (tertiary/aromatic N) is 2. The SMILES string of the molecule is Cc1ccc2nc3c(nc2c1C(C)(C)C)CCC=C3. The van der Waals surface area contributed by atoms with Crippen molar-refractivity contribution in [2.24, 2.45) is 0 Å². The first kappa shape index (κ1) is 12.3. The highest BCUT2D eigenvalue weighted by molar-refractivity contribution is 5.82. The molecule has 1 aliphatic rings. The van der Waals surface area contributed by atoms with Gasteiger partial charge in [-0.1, -0.05) is 32.9 Å². The predicted octanol–water partition coefficient (Wildman–Crippen LogP) is 4.20. The van der Waals surface area contributed by atoms with E-state index in [-0.39, 0.29) is 5.41 Å². The van der Waals surface area contributed by atoms with E-state index in [0.717, 1.165) is 35.3 Å². The van der Waals surface area contributed by atoms with Gasteiger partial charge in [0.05, 0.1) is 22.4 Å². The maximum absolute atomic E-state index is 4.93. The second-order valence-electron chi connectivity index (χ2n) is 6.37. The number of fused-ring (bicyclic) bond motifs is 2. The van der Waals surface area contributed by atoms with Crippen LogP contribution in [0.5, 0.6) is 0 Å². The first-order chi connectivity index (χ1) is 8.97. The van der Waals surface area contributed by atoms with E-state index in [1.807, 2.05) is 0 Å². The Balaban J connectivity index is 2.37. The number of allylic oxidation sites excluding steroid dienone is 1. The van der Waals surface area contributed by atoms with Gasteiger partial charge in [0, 0.05) is 0 Å². The lowest BCUT2D eigenvalue weighted by atomic mass is 9.83. The van der Waals surface area contributed by atoms with Gasteiger partial charge in [0.25, 0.3) is 0 Å². The zero-order valence-electron chi connectivity index (χ0n) is 12.1. The van der Waals surface area contributed by atoms with Gasteiger partial charge in [0.2, 0.25) is 0 Å². The van der Waals surface area contributed by atoms with Crippen molar-refractivity contribution in [2.75, 3.05) is 0 Å². The number of aromatic nitrogens is 2. The molecule has 1 aromatic heterocycles. The van der Waals surface area contributed by atoms with Gasteiger partial charge in [-0.15, -0.1) is 0 Å². The molecule has 2 heteroatoms. The van der Waals surface area contributed by atoms with Gasteiger partial charge in [-0.25, -0.2) is 9.97 Å². The van der Waals surface area contributed by atoms with Crippen molar-refractivity contribution in [3.8, 4) is 0 Å². The monoisotopic (exact) mass is 252 g/mol. The van der Waals surface area contributed by atoms with Crippen molar-refractivity contribution >= 4 is 17.1 Å². The first-order valence-corrected chi connectivity index (χ1v) is 6.94. The molecule has 0 amide bonds. The maximum atomic E-state index is 4.93. The highest BCUT2D eigenvalue weighted by Gasteiger charge is 2.22. The average Bonchev–Trinajstić information content (AvgIpc) is 2.34. The molecule has 0 fully saturated rings. The first-order valence-electron chi connectivity index (χ1n) is 6.94. The maximum Gasteiger partial charge on any atom is 0.0930 e. The summed E-state index contributed by atoms with van der Waals surface area (Å²) in [4.78, 5) is 9.71. The summed E-state index contributed by atoms with van der Waals surface area (Å²) in [6.07, 6.45) is 6.36. The molecule has 2 nitrogen and oxygen atoms in total. The summed E-state index contributed by atoms with van der Waals surface area (Å²) in [5.41, 5.74) is 7.02. The molecule has 0 saturated carbocycles. The lowest BCUT2D eigenvalue weighted by Crippen LogP contribution is -2.15. The molecule has 0 aliphatic heterocycles. The van der Waals surface area contributed by atoms with Crippen LogP contribution in [-0.2, 0) is 11.8 Å². The lowest BCUT2D eigenvalue weighted by Gasteiger charge is -2.24.